The lowest BCUT2D eigenvalue weighted by molar-refractivity contribution is -0.168. The van der Waals surface area contributed by atoms with Crippen LogP contribution in [0.1, 0.15) is 59.3 Å². The molecule has 0 aliphatic carbocycles. The summed E-state index contributed by atoms with van der Waals surface area (Å²) in [6.07, 6.45) is 5.73. The van der Waals surface area contributed by atoms with Crippen LogP contribution in [-0.4, -0.2) is 77.1 Å². The molecule has 1 N–H and O–H groups in total. The lowest BCUT2D eigenvalue weighted by atomic mass is 9.84. The van der Waals surface area contributed by atoms with Crippen molar-refractivity contribution in [3.05, 3.63) is 0 Å². The number of aliphatic hydroxyl groups is 1. The summed E-state index contributed by atoms with van der Waals surface area (Å²) in [7, 11) is 0. The molecule has 0 saturated carbocycles. The number of nitrogens with zero attached hydrogens (tertiary/aromatic N) is 2. The summed E-state index contributed by atoms with van der Waals surface area (Å²) < 4.78 is 11.4. The molecule has 0 aromatic carbocycles. The van der Waals surface area contributed by atoms with E-state index in [-0.39, 0.29) is 11.7 Å². The van der Waals surface area contributed by atoms with Crippen LogP contribution in [0.3, 0.4) is 0 Å². The monoisotopic (exact) mass is 354 g/mol. The maximum Gasteiger partial charge on any atom is 0.409 e. The van der Waals surface area contributed by atoms with Crippen molar-refractivity contribution in [3.8, 4) is 0 Å². The van der Waals surface area contributed by atoms with Gasteiger partial charge in [-0.05, 0) is 65.8 Å². The molecule has 3 aliphatic heterocycles. The van der Waals surface area contributed by atoms with E-state index < -0.39 is 5.60 Å². The molecule has 3 aliphatic rings. The topological polar surface area (TPSA) is 62.2 Å². The number of fused-ring (bicyclic) bond motifs is 1. The third-order valence-electron chi connectivity index (χ3n) is 6.06. The van der Waals surface area contributed by atoms with Crippen molar-refractivity contribution in [3.63, 3.8) is 0 Å². The predicted octanol–water partition coefficient (Wildman–Crippen LogP) is 2.39. The van der Waals surface area contributed by atoms with Crippen LogP contribution in [-0.2, 0) is 9.47 Å². The number of carbonyl (C=O) groups excluding carboxylic acids is 1. The number of β-amino-alcohol motifs (C(OH)–C–C–N with tert-alkyl or cyclic N) is 1. The summed E-state index contributed by atoms with van der Waals surface area (Å²) in [5.74, 6) is 0. The van der Waals surface area contributed by atoms with E-state index in [0.29, 0.717) is 51.2 Å². The first kappa shape index (κ1) is 18.9. The standard InChI is InChI=1S/C19H34N2O4/c1-4-24-17(22)20-12-9-19(23,10-13-20)14-21-11-5-6-16-15(21)7-8-18(2,3)25-16/h15-16,23H,4-14H2,1-3H3/t15-,16-/m1/s1. The van der Waals surface area contributed by atoms with Crippen LogP contribution in [0.5, 0.6) is 0 Å². The fraction of sp³-hybridized carbons (Fsp3) is 0.947. The zero-order valence-electron chi connectivity index (χ0n) is 16.0. The smallest absolute Gasteiger partial charge is 0.409 e. The molecule has 0 bridgehead atoms. The number of rotatable bonds is 3. The van der Waals surface area contributed by atoms with Gasteiger partial charge in [-0.25, -0.2) is 4.79 Å². The van der Waals surface area contributed by atoms with Crippen molar-refractivity contribution in [1.82, 2.24) is 9.80 Å². The lowest BCUT2D eigenvalue weighted by Crippen LogP contribution is -2.60. The van der Waals surface area contributed by atoms with Crippen molar-refractivity contribution in [1.29, 1.82) is 0 Å². The van der Waals surface area contributed by atoms with E-state index >= 15 is 0 Å². The minimum absolute atomic E-state index is 0.0218. The third kappa shape index (κ3) is 4.47. The molecule has 0 aromatic heterocycles. The zero-order valence-corrected chi connectivity index (χ0v) is 16.0. The van der Waals surface area contributed by atoms with Crippen molar-refractivity contribution in [2.24, 2.45) is 0 Å². The minimum Gasteiger partial charge on any atom is -0.450 e. The summed E-state index contributed by atoms with van der Waals surface area (Å²) in [6, 6.07) is 0.425. The summed E-state index contributed by atoms with van der Waals surface area (Å²) in [5, 5.41) is 11.1. The number of hydrogen-bond donors (Lipinski definition) is 1. The van der Waals surface area contributed by atoms with Gasteiger partial charge in [-0.15, -0.1) is 0 Å². The Kier molecular flexibility index (Phi) is 5.61. The van der Waals surface area contributed by atoms with Crippen LogP contribution in [0.2, 0.25) is 0 Å². The summed E-state index contributed by atoms with van der Waals surface area (Å²) in [6.45, 7) is 9.44. The van der Waals surface area contributed by atoms with Gasteiger partial charge in [-0.2, -0.15) is 0 Å². The van der Waals surface area contributed by atoms with Gasteiger partial charge in [-0.1, -0.05) is 0 Å². The second-order valence-corrected chi connectivity index (χ2v) is 8.55. The Morgan fingerprint density at radius 2 is 1.92 bits per heavy atom. The maximum absolute atomic E-state index is 11.8. The number of carbonyl (C=O) groups is 1. The zero-order chi connectivity index (χ0) is 18.1. The molecule has 0 spiro atoms. The van der Waals surface area contributed by atoms with Gasteiger partial charge in [0.05, 0.1) is 23.9 Å². The fourth-order valence-corrected chi connectivity index (χ4v) is 4.61. The van der Waals surface area contributed by atoms with E-state index in [0.717, 1.165) is 32.2 Å². The highest BCUT2D eigenvalue weighted by Crippen LogP contribution is 2.37. The molecule has 0 aromatic rings. The van der Waals surface area contributed by atoms with Gasteiger partial charge in [0.25, 0.3) is 0 Å². The third-order valence-corrected chi connectivity index (χ3v) is 6.06. The highest BCUT2D eigenvalue weighted by atomic mass is 16.6. The van der Waals surface area contributed by atoms with Crippen molar-refractivity contribution in [2.75, 3.05) is 32.8 Å². The minimum atomic E-state index is -0.710. The molecule has 3 rings (SSSR count). The maximum atomic E-state index is 11.8. The van der Waals surface area contributed by atoms with E-state index in [4.69, 9.17) is 9.47 Å². The summed E-state index contributed by atoms with van der Waals surface area (Å²) >= 11 is 0. The van der Waals surface area contributed by atoms with E-state index in [2.05, 4.69) is 18.7 Å². The van der Waals surface area contributed by atoms with Crippen LogP contribution in [0.4, 0.5) is 4.79 Å². The van der Waals surface area contributed by atoms with E-state index in [1.54, 1.807) is 4.90 Å². The van der Waals surface area contributed by atoms with Gasteiger partial charge >= 0.3 is 6.09 Å². The molecular weight excluding hydrogens is 320 g/mol. The van der Waals surface area contributed by atoms with Gasteiger partial charge in [0, 0.05) is 25.7 Å². The number of hydrogen-bond acceptors (Lipinski definition) is 5. The van der Waals surface area contributed by atoms with Gasteiger partial charge in [0.1, 0.15) is 0 Å². The number of ether oxygens (including phenoxy) is 2. The molecule has 6 heteroatoms. The second-order valence-electron chi connectivity index (χ2n) is 8.55. The number of likely N-dealkylation sites (tertiary alicyclic amines) is 2. The molecule has 0 unspecified atom stereocenters. The van der Waals surface area contributed by atoms with E-state index in [9.17, 15) is 9.90 Å². The first-order valence-corrected chi connectivity index (χ1v) is 9.88. The summed E-state index contributed by atoms with van der Waals surface area (Å²) in [4.78, 5) is 16.0. The highest BCUT2D eigenvalue weighted by molar-refractivity contribution is 5.67. The van der Waals surface area contributed by atoms with Crippen molar-refractivity contribution >= 4 is 6.09 Å². The van der Waals surface area contributed by atoms with Gasteiger partial charge < -0.3 is 19.5 Å². The molecule has 6 nitrogen and oxygen atoms in total. The quantitative estimate of drug-likeness (QED) is 0.843. The SMILES string of the molecule is CCOC(=O)N1CCC(O)(CN2CCC[C@H]3OC(C)(C)CC[C@H]32)CC1. The van der Waals surface area contributed by atoms with Crippen LogP contribution < -0.4 is 0 Å². The first-order chi connectivity index (χ1) is 11.8. The lowest BCUT2D eigenvalue weighted by Gasteiger charge is -2.51. The Hall–Kier alpha value is -0.850. The molecule has 25 heavy (non-hydrogen) atoms. The van der Waals surface area contributed by atoms with Crippen LogP contribution in [0.15, 0.2) is 0 Å². The Bertz CT molecular complexity index is 474. The first-order valence-electron chi connectivity index (χ1n) is 9.88. The van der Waals surface area contributed by atoms with Gasteiger partial charge in [0.15, 0.2) is 0 Å². The Morgan fingerprint density at radius 1 is 1.20 bits per heavy atom. The Morgan fingerprint density at radius 3 is 2.60 bits per heavy atom. The largest absolute Gasteiger partial charge is 0.450 e. The molecule has 3 fully saturated rings. The van der Waals surface area contributed by atoms with Crippen LogP contribution >= 0.6 is 0 Å². The van der Waals surface area contributed by atoms with Crippen LogP contribution in [0.25, 0.3) is 0 Å². The normalized spacial score (nSPS) is 32.1. The average Bonchev–Trinajstić information content (AvgIpc) is 2.54. The summed E-state index contributed by atoms with van der Waals surface area (Å²) in [5.41, 5.74) is -0.732. The molecule has 1 amide bonds. The number of amides is 1. The number of piperidine rings is 2. The molecule has 0 radical (unpaired) electrons. The Labute approximate surface area is 151 Å². The van der Waals surface area contributed by atoms with Crippen molar-refractivity contribution < 1.29 is 19.4 Å². The molecule has 3 heterocycles. The van der Waals surface area contributed by atoms with Gasteiger partial charge in [-0.3, -0.25) is 4.90 Å². The molecular formula is C19H34N2O4. The van der Waals surface area contributed by atoms with Crippen molar-refractivity contribution in [2.45, 2.75) is 82.6 Å². The highest BCUT2D eigenvalue weighted by Gasteiger charge is 2.44. The fourth-order valence-electron chi connectivity index (χ4n) is 4.61. The molecule has 2 atom stereocenters. The predicted molar refractivity (Wildman–Crippen MR) is 95.6 cm³/mol. The Balaban J connectivity index is 1.56. The van der Waals surface area contributed by atoms with E-state index in [1.165, 1.54) is 0 Å². The molecule has 144 valence electrons. The van der Waals surface area contributed by atoms with Gasteiger partial charge in [0.2, 0.25) is 0 Å². The van der Waals surface area contributed by atoms with E-state index in [1.807, 2.05) is 6.92 Å². The van der Waals surface area contributed by atoms with Crippen LogP contribution in [0, 0.1) is 0 Å². The molecule has 3 saturated heterocycles. The second kappa shape index (κ2) is 7.41. The average molecular weight is 354 g/mol.